The zero-order valence-electron chi connectivity index (χ0n) is 8.76. The molecule has 0 amide bonds. The summed E-state index contributed by atoms with van der Waals surface area (Å²) in [5, 5.41) is 0. The molecule has 2 rings (SSSR count). The van der Waals surface area contributed by atoms with E-state index in [0.717, 1.165) is 13.0 Å². The van der Waals surface area contributed by atoms with Gasteiger partial charge in [0.05, 0.1) is 19.3 Å². The summed E-state index contributed by atoms with van der Waals surface area (Å²) < 4.78 is 11.1. The van der Waals surface area contributed by atoms with E-state index in [4.69, 9.17) is 15.2 Å². The molecule has 0 bridgehead atoms. The largest absolute Gasteiger partial charge is 0.379 e. The molecule has 0 aliphatic carbocycles. The molecular formula is C12H17NO2. The molecular weight excluding hydrogens is 190 g/mol. The smallest absolute Gasteiger partial charge is 0.0964 e. The molecule has 0 saturated carbocycles. The monoisotopic (exact) mass is 207 g/mol. The summed E-state index contributed by atoms with van der Waals surface area (Å²) in [7, 11) is 0. The Kier molecular flexibility index (Phi) is 3.72. The molecule has 3 heteroatoms. The van der Waals surface area contributed by atoms with Crippen LogP contribution >= 0.6 is 0 Å². The fourth-order valence-corrected chi connectivity index (χ4v) is 1.68. The Bertz CT molecular complexity index is 289. The zero-order chi connectivity index (χ0) is 10.5. The first kappa shape index (κ1) is 10.6. The van der Waals surface area contributed by atoms with E-state index in [1.165, 1.54) is 5.56 Å². The van der Waals surface area contributed by atoms with Crippen molar-refractivity contribution in [2.24, 2.45) is 5.73 Å². The lowest BCUT2D eigenvalue weighted by molar-refractivity contribution is -0.0678. The first-order valence-electron chi connectivity index (χ1n) is 5.35. The molecule has 0 radical (unpaired) electrons. The fraction of sp³-hybridized carbons (Fsp3) is 0.500. The summed E-state index contributed by atoms with van der Waals surface area (Å²) in [6.07, 6.45) is 0.929. The predicted molar refractivity (Wildman–Crippen MR) is 58.4 cm³/mol. The van der Waals surface area contributed by atoms with Crippen LogP contribution in [0, 0.1) is 0 Å². The molecule has 1 aliphatic rings. The molecule has 0 spiro atoms. The molecule has 1 aliphatic heterocycles. The third-order valence-corrected chi connectivity index (χ3v) is 2.66. The number of nitrogens with two attached hydrogens (primary N) is 1. The highest BCUT2D eigenvalue weighted by Crippen LogP contribution is 2.11. The van der Waals surface area contributed by atoms with Gasteiger partial charge in [-0.15, -0.1) is 0 Å². The standard InChI is InChI=1S/C12H17NO2/c13-11-6-7-14-9-12(11)15-8-10-4-2-1-3-5-10/h1-5,11-12H,6-9,13H2. The quantitative estimate of drug-likeness (QED) is 0.813. The molecule has 3 nitrogen and oxygen atoms in total. The van der Waals surface area contributed by atoms with Gasteiger partial charge in [-0.2, -0.15) is 0 Å². The van der Waals surface area contributed by atoms with Crippen LogP contribution in [0.3, 0.4) is 0 Å². The Morgan fingerprint density at radius 1 is 1.33 bits per heavy atom. The molecule has 1 aromatic rings. The second-order valence-electron chi connectivity index (χ2n) is 3.86. The van der Waals surface area contributed by atoms with Crippen LogP contribution in [-0.2, 0) is 16.1 Å². The summed E-state index contributed by atoms with van der Waals surface area (Å²) in [5.41, 5.74) is 7.11. The summed E-state index contributed by atoms with van der Waals surface area (Å²) >= 11 is 0. The molecule has 82 valence electrons. The van der Waals surface area contributed by atoms with E-state index in [2.05, 4.69) is 12.1 Å². The third kappa shape index (κ3) is 3.02. The lowest BCUT2D eigenvalue weighted by Gasteiger charge is -2.28. The van der Waals surface area contributed by atoms with Crippen molar-refractivity contribution in [3.8, 4) is 0 Å². The van der Waals surface area contributed by atoms with Crippen molar-refractivity contribution in [2.75, 3.05) is 13.2 Å². The molecule has 15 heavy (non-hydrogen) atoms. The first-order valence-corrected chi connectivity index (χ1v) is 5.35. The van der Waals surface area contributed by atoms with Crippen LogP contribution < -0.4 is 5.73 Å². The minimum Gasteiger partial charge on any atom is -0.379 e. The first-order chi connectivity index (χ1) is 7.36. The van der Waals surface area contributed by atoms with Crippen LogP contribution in [0.2, 0.25) is 0 Å². The Morgan fingerprint density at radius 3 is 2.87 bits per heavy atom. The molecule has 2 atom stereocenters. The molecule has 1 saturated heterocycles. The average molecular weight is 207 g/mol. The van der Waals surface area contributed by atoms with Gasteiger partial charge < -0.3 is 15.2 Å². The van der Waals surface area contributed by atoms with Gasteiger partial charge in [-0.25, -0.2) is 0 Å². The van der Waals surface area contributed by atoms with E-state index < -0.39 is 0 Å². The lowest BCUT2D eigenvalue weighted by Crippen LogP contribution is -2.44. The number of rotatable bonds is 3. The van der Waals surface area contributed by atoms with E-state index >= 15 is 0 Å². The summed E-state index contributed by atoms with van der Waals surface area (Å²) in [5.74, 6) is 0. The maximum atomic E-state index is 5.94. The minimum atomic E-state index is 0.0407. The van der Waals surface area contributed by atoms with Crippen LogP contribution in [0.25, 0.3) is 0 Å². The van der Waals surface area contributed by atoms with E-state index in [-0.39, 0.29) is 12.1 Å². The number of benzene rings is 1. The van der Waals surface area contributed by atoms with E-state index in [0.29, 0.717) is 13.2 Å². The van der Waals surface area contributed by atoms with Crippen LogP contribution in [0.15, 0.2) is 30.3 Å². The topological polar surface area (TPSA) is 44.5 Å². The second-order valence-corrected chi connectivity index (χ2v) is 3.86. The van der Waals surface area contributed by atoms with Crippen molar-refractivity contribution >= 4 is 0 Å². The summed E-state index contributed by atoms with van der Waals surface area (Å²) in [4.78, 5) is 0. The Balaban J connectivity index is 1.82. The minimum absolute atomic E-state index is 0.0407. The maximum absolute atomic E-state index is 5.94. The highest BCUT2D eigenvalue weighted by Gasteiger charge is 2.22. The van der Waals surface area contributed by atoms with E-state index in [1.54, 1.807) is 0 Å². The predicted octanol–water partition coefficient (Wildman–Crippen LogP) is 1.32. The lowest BCUT2D eigenvalue weighted by atomic mass is 10.1. The van der Waals surface area contributed by atoms with Gasteiger partial charge in [0, 0.05) is 12.6 Å². The SMILES string of the molecule is NC1CCOCC1OCc1ccccc1. The molecule has 1 heterocycles. The van der Waals surface area contributed by atoms with Crippen LogP contribution in [0.1, 0.15) is 12.0 Å². The van der Waals surface area contributed by atoms with Crippen molar-refractivity contribution < 1.29 is 9.47 Å². The number of hydrogen-bond donors (Lipinski definition) is 1. The number of hydrogen-bond acceptors (Lipinski definition) is 3. The van der Waals surface area contributed by atoms with E-state index in [1.807, 2.05) is 18.2 Å². The highest BCUT2D eigenvalue weighted by molar-refractivity contribution is 5.13. The van der Waals surface area contributed by atoms with Crippen molar-refractivity contribution in [1.82, 2.24) is 0 Å². The van der Waals surface area contributed by atoms with Gasteiger partial charge in [0.25, 0.3) is 0 Å². The normalized spacial score (nSPS) is 26.5. The van der Waals surface area contributed by atoms with Gasteiger partial charge in [-0.3, -0.25) is 0 Å². The summed E-state index contributed by atoms with van der Waals surface area (Å²) in [6, 6.07) is 10.2. The molecule has 1 fully saturated rings. The van der Waals surface area contributed by atoms with Gasteiger partial charge in [0.1, 0.15) is 0 Å². The Hall–Kier alpha value is -0.900. The van der Waals surface area contributed by atoms with Crippen molar-refractivity contribution in [3.63, 3.8) is 0 Å². The van der Waals surface area contributed by atoms with Crippen LogP contribution in [0.5, 0.6) is 0 Å². The van der Waals surface area contributed by atoms with Crippen molar-refractivity contribution in [1.29, 1.82) is 0 Å². The van der Waals surface area contributed by atoms with Crippen LogP contribution in [-0.4, -0.2) is 25.4 Å². The molecule has 2 N–H and O–H groups in total. The number of ether oxygens (including phenoxy) is 2. The van der Waals surface area contributed by atoms with Crippen LogP contribution in [0.4, 0.5) is 0 Å². The third-order valence-electron chi connectivity index (χ3n) is 2.66. The van der Waals surface area contributed by atoms with Gasteiger partial charge in [-0.05, 0) is 12.0 Å². The van der Waals surface area contributed by atoms with Gasteiger partial charge in [-0.1, -0.05) is 30.3 Å². The summed E-state index contributed by atoms with van der Waals surface area (Å²) in [6.45, 7) is 1.99. The highest BCUT2D eigenvalue weighted by atomic mass is 16.5. The van der Waals surface area contributed by atoms with Gasteiger partial charge in [0.2, 0.25) is 0 Å². The van der Waals surface area contributed by atoms with Gasteiger partial charge >= 0.3 is 0 Å². The average Bonchev–Trinajstić information content (AvgIpc) is 2.29. The molecule has 0 aromatic heterocycles. The van der Waals surface area contributed by atoms with E-state index in [9.17, 15) is 0 Å². The zero-order valence-corrected chi connectivity index (χ0v) is 8.76. The van der Waals surface area contributed by atoms with Gasteiger partial charge in [0.15, 0.2) is 0 Å². The molecule has 1 aromatic carbocycles. The Labute approximate surface area is 90.2 Å². The Morgan fingerprint density at radius 2 is 2.13 bits per heavy atom. The fourth-order valence-electron chi connectivity index (χ4n) is 1.68. The second kappa shape index (κ2) is 5.26. The maximum Gasteiger partial charge on any atom is 0.0964 e. The molecule has 2 unspecified atom stereocenters. The van der Waals surface area contributed by atoms with Crippen molar-refractivity contribution in [2.45, 2.75) is 25.2 Å². The van der Waals surface area contributed by atoms with Crippen molar-refractivity contribution in [3.05, 3.63) is 35.9 Å².